The van der Waals surface area contributed by atoms with E-state index >= 15 is 0 Å². The van der Waals surface area contributed by atoms with E-state index in [1.54, 1.807) is 18.2 Å². The summed E-state index contributed by atoms with van der Waals surface area (Å²) in [6.45, 7) is 1.87. The van der Waals surface area contributed by atoms with E-state index in [0.29, 0.717) is 11.3 Å². The van der Waals surface area contributed by atoms with Gasteiger partial charge in [-0.05, 0) is 18.6 Å². The number of aliphatic imine (C=N–C) groups is 1. The summed E-state index contributed by atoms with van der Waals surface area (Å²) in [5.41, 5.74) is 6.92. The fraction of sp³-hybridized carbons (Fsp3) is 0.364. The Morgan fingerprint density at radius 2 is 2.06 bits per heavy atom. The van der Waals surface area contributed by atoms with E-state index in [0.717, 1.165) is 5.56 Å². The van der Waals surface area contributed by atoms with Crippen molar-refractivity contribution in [3.63, 3.8) is 0 Å². The molecule has 1 aromatic rings. The molecule has 1 aromatic carbocycles. The van der Waals surface area contributed by atoms with Crippen molar-refractivity contribution < 1.29 is 13.2 Å². The van der Waals surface area contributed by atoms with Gasteiger partial charge in [0.2, 0.25) is 0 Å². The first-order valence-electron chi connectivity index (χ1n) is 4.89. The lowest BCUT2D eigenvalue weighted by molar-refractivity contribution is -0.0609. The molecule has 0 saturated heterocycles. The number of benzene rings is 1. The van der Waals surface area contributed by atoms with Gasteiger partial charge in [-0.15, -0.1) is 0 Å². The van der Waals surface area contributed by atoms with Gasteiger partial charge in [0.25, 0.3) is 0 Å². The average Bonchev–Trinajstić information content (AvgIpc) is 2.17. The molecule has 1 aliphatic heterocycles. The minimum atomic E-state index is -4.39. The maximum atomic E-state index is 12.5. The normalized spacial score (nSPS) is 20.3. The monoisotopic (exact) mass is 228 g/mol. The zero-order valence-electron chi connectivity index (χ0n) is 8.67. The van der Waals surface area contributed by atoms with Crippen LogP contribution in [0.15, 0.2) is 23.2 Å². The second kappa shape index (κ2) is 3.59. The van der Waals surface area contributed by atoms with Crippen molar-refractivity contribution in [1.29, 1.82) is 0 Å². The summed E-state index contributed by atoms with van der Waals surface area (Å²) in [4.78, 5) is 3.62. The molecule has 0 bridgehead atoms. The van der Waals surface area contributed by atoms with Gasteiger partial charge in [0.15, 0.2) is 0 Å². The fourth-order valence-corrected chi connectivity index (χ4v) is 1.76. The molecule has 86 valence electrons. The van der Waals surface area contributed by atoms with Gasteiger partial charge in [-0.2, -0.15) is 13.2 Å². The number of nitrogens with two attached hydrogens (primary N) is 1. The minimum absolute atomic E-state index is 0.250. The summed E-state index contributed by atoms with van der Waals surface area (Å²) < 4.78 is 37.5. The molecule has 2 nitrogen and oxygen atoms in total. The standard InChI is InChI=1S/C11H11F3N2/c1-6-2-3-9-7(4-6)8(15)5-10(16-9)11(12,13)14/h2-4,8H,5,15H2,1H3. The molecule has 1 atom stereocenters. The number of fused-ring (bicyclic) bond motifs is 1. The summed E-state index contributed by atoms with van der Waals surface area (Å²) in [5.74, 6) is 0. The summed E-state index contributed by atoms with van der Waals surface area (Å²) in [5, 5.41) is 0. The Hall–Kier alpha value is -1.36. The third-order valence-electron chi connectivity index (χ3n) is 2.58. The van der Waals surface area contributed by atoms with Crippen LogP contribution < -0.4 is 5.73 Å². The highest BCUT2D eigenvalue weighted by Crippen LogP contribution is 2.36. The second-order valence-electron chi connectivity index (χ2n) is 3.93. The molecule has 0 radical (unpaired) electrons. The molecular formula is C11H11F3N2. The smallest absolute Gasteiger partial charge is 0.324 e. The highest BCUT2D eigenvalue weighted by molar-refractivity contribution is 5.94. The molecule has 1 aliphatic rings. The number of hydrogen-bond acceptors (Lipinski definition) is 2. The molecule has 1 unspecified atom stereocenters. The van der Waals surface area contributed by atoms with Gasteiger partial charge < -0.3 is 5.73 Å². The number of nitrogens with zero attached hydrogens (tertiary/aromatic N) is 1. The number of rotatable bonds is 0. The number of hydrogen-bond donors (Lipinski definition) is 1. The van der Waals surface area contributed by atoms with Crippen molar-refractivity contribution in [3.05, 3.63) is 29.3 Å². The lowest BCUT2D eigenvalue weighted by Crippen LogP contribution is -2.29. The molecule has 0 aliphatic carbocycles. The zero-order valence-corrected chi connectivity index (χ0v) is 8.67. The van der Waals surface area contributed by atoms with E-state index in [-0.39, 0.29) is 6.42 Å². The van der Waals surface area contributed by atoms with Gasteiger partial charge >= 0.3 is 6.18 Å². The molecule has 0 fully saturated rings. The van der Waals surface area contributed by atoms with Crippen molar-refractivity contribution in [1.82, 2.24) is 0 Å². The predicted molar refractivity (Wildman–Crippen MR) is 55.9 cm³/mol. The Bertz CT molecular complexity index is 449. The van der Waals surface area contributed by atoms with E-state index in [2.05, 4.69) is 4.99 Å². The molecule has 2 N–H and O–H groups in total. The van der Waals surface area contributed by atoms with E-state index in [1.807, 2.05) is 6.92 Å². The van der Waals surface area contributed by atoms with Crippen molar-refractivity contribution in [2.45, 2.75) is 25.6 Å². The lowest BCUT2D eigenvalue weighted by Gasteiger charge is -2.23. The van der Waals surface area contributed by atoms with Crippen molar-refractivity contribution in [3.8, 4) is 0 Å². The van der Waals surface area contributed by atoms with Crippen molar-refractivity contribution in [2.75, 3.05) is 0 Å². The third kappa shape index (κ3) is 1.95. The number of aryl methyl sites for hydroxylation is 1. The maximum Gasteiger partial charge on any atom is 0.429 e. The van der Waals surface area contributed by atoms with Gasteiger partial charge in [0, 0.05) is 12.5 Å². The topological polar surface area (TPSA) is 38.4 Å². The predicted octanol–water partition coefficient (Wildman–Crippen LogP) is 3.03. The molecule has 0 amide bonds. The summed E-state index contributed by atoms with van der Waals surface area (Å²) in [7, 11) is 0. The lowest BCUT2D eigenvalue weighted by atomic mass is 9.95. The molecule has 16 heavy (non-hydrogen) atoms. The fourth-order valence-electron chi connectivity index (χ4n) is 1.76. The molecule has 0 saturated carbocycles. The molecule has 0 spiro atoms. The Balaban J connectivity index is 2.50. The number of alkyl halides is 3. The highest BCUT2D eigenvalue weighted by Gasteiger charge is 2.38. The van der Waals surface area contributed by atoms with Crippen LogP contribution in [0.3, 0.4) is 0 Å². The molecular weight excluding hydrogens is 217 g/mol. The zero-order chi connectivity index (χ0) is 11.9. The van der Waals surface area contributed by atoms with E-state index in [9.17, 15) is 13.2 Å². The van der Waals surface area contributed by atoms with Gasteiger partial charge in [0.05, 0.1) is 5.69 Å². The maximum absolute atomic E-state index is 12.5. The van der Waals surface area contributed by atoms with Crippen molar-refractivity contribution >= 4 is 11.4 Å². The summed E-state index contributed by atoms with van der Waals surface area (Å²) >= 11 is 0. The Morgan fingerprint density at radius 1 is 1.38 bits per heavy atom. The summed E-state index contributed by atoms with van der Waals surface area (Å²) in [6, 6.07) is 4.48. The first-order chi connectivity index (χ1) is 7.38. The van der Waals surface area contributed by atoms with Gasteiger partial charge in [-0.1, -0.05) is 17.7 Å². The molecule has 0 aromatic heterocycles. The van der Waals surface area contributed by atoms with Crippen LogP contribution in [0, 0.1) is 6.92 Å². The van der Waals surface area contributed by atoms with Crippen LogP contribution in [0.2, 0.25) is 0 Å². The Morgan fingerprint density at radius 3 is 2.69 bits per heavy atom. The Kier molecular flexibility index (Phi) is 2.50. The molecule has 2 rings (SSSR count). The minimum Gasteiger partial charge on any atom is -0.324 e. The number of halogens is 3. The summed E-state index contributed by atoms with van der Waals surface area (Å²) in [6.07, 6.45) is -4.64. The van der Waals surface area contributed by atoms with Crippen LogP contribution >= 0.6 is 0 Å². The average molecular weight is 228 g/mol. The Labute approximate surface area is 91.0 Å². The van der Waals surface area contributed by atoms with Crippen LogP contribution in [0.1, 0.15) is 23.6 Å². The van der Waals surface area contributed by atoms with Crippen LogP contribution in [0.25, 0.3) is 0 Å². The van der Waals surface area contributed by atoms with Crippen LogP contribution in [-0.4, -0.2) is 11.9 Å². The SMILES string of the molecule is Cc1ccc2c(c1)C(N)CC(C(F)(F)F)=N2. The van der Waals surface area contributed by atoms with Crippen molar-refractivity contribution in [2.24, 2.45) is 10.7 Å². The highest BCUT2D eigenvalue weighted by atomic mass is 19.4. The van der Waals surface area contributed by atoms with E-state index < -0.39 is 17.9 Å². The first-order valence-corrected chi connectivity index (χ1v) is 4.89. The molecule has 5 heteroatoms. The quantitative estimate of drug-likeness (QED) is 0.728. The third-order valence-corrected chi connectivity index (χ3v) is 2.58. The van der Waals surface area contributed by atoms with Gasteiger partial charge in [0.1, 0.15) is 5.71 Å². The van der Waals surface area contributed by atoms with Gasteiger partial charge in [-0.25, -0.2) is 4.99 Å². The van der Waals surface area contributed by atoms with Crippen LogP contribution in [0.5, 0.6) is 0 Å². The largest absolute Gasteiger partial charge is 0.429 e. The van der Waals surface area contributed by atoms with Crippen LogP contribution in [0.4, 0.5) is 18.9 Å². The van der Waals surface area contributed by atoms with Crippen LogP contribution in [-0.2, 0) is 0 Å². The van der Waals surface area contributed by atoms with E-state index in [4.69, 9.17) is 5.73 Å². The second-order valence-corrected chi connectivity index (χ2v) is 3.93. The first kappa shape index (κ1) is 11.1. The molecule has 1 heterocycles. The van der Waals surface area contributed by atoms with E-state index in [1.165, 1.54) is 0 Å². The van der Waals surface area contributed by atoms with Gasteiger partial charge in [-0.3, -0.25) is 0 Å².